The molecule has 1 atom stereocenters. The van der Waals surface area contributed by atoms with Gasteiger partial charge >= 0.3 is 0 Å². The molecule has 0 aliphatic carbocycles. The molecule has 9 heteroatoms. The molecule has 0 spiro atoms. The van der Waals surface area contributed by atoms with Crippen LogP contribution in [0.5, 0.6) is 0 Å². The molecule has 0 saturated carbocycles. The number of aryl methyl sites for hydroxylation is 1. The largest absolute Gasteiger partial charge is 0.354 e. The fraction of sp³-hybridized carbons (Fsp3) is 0.333. The van der Waals surface area contributed by atoms with E-state index in [4.69, 9.17) is 11.6 Å². The molecule has 3 rings (SSSR count). The number of carbonyl (C=O) groups excluding carboxylic acids is 2. The predicted molar refractivity (Wildman–Crippen MR) is 157 cm³/mol. The Balaban J connectivity index is 2.04. The van der Waals surface area contributed by atoms with Crippen molar-refractivity contribution in [2.24, 2.45) is 5.92 Å². The van der Waals surface area contributed by atoms with Crippen molar-refractivity contribution in [3.05, 3.63) is 101 Å². The van der Waals surface area contributed by atoms with Crippen LogP contribution in [0.1, 0.15) is 30.5 Å². The van der Waals surface area contributed by atoms with Gasteiger partial charge in [-0.1, -0.05) is 80.0 Å². The number of nitrogens with zero attached hydrogens (tertiary/aromatic N) is 2. The van der Waals surface area contributed by atoms with Crippen molar-refractivity contribution in [1.82, 2.24) is 10.2 Å². The molecule has 0 fully saturated rings. The second-order valence-corrected chi connectivity index (χ2v) is 12.4. The number of sulfonamides is 1. The second kappa shape index (κ2) is 13.6. The van der Waals surface area contributed by atoms with Crippen LogP contribution in [0.15, 0.2) is 78.9 Å². The number of hydrogen-bond donors (Lipinski definition) is 1. The van der Waals surface area contributed by atoms with E-state index < -0.39 is 28.5 Å². The molecular weight excluding hydrogens is 534 g/mol. The van der Waals surface area contributed by atoms with E-state index in [0.717, 1.165) is 27.3 Å². The van der Waals surface area contributed by atoms with E-state index >= 15 is 0 Å². The minimum Gasteiger partial charge on any atom is -0.354 e. The summed E-state index contributed by atoms with van der Waals surface area (Å²) in [7, 11) is -3.80. The van der Waals surface area contributed by atoms with Gasteiger partial charge in [0.1, 0.15) is 12.6 Å². The van der Waals surface area contributed by atoms with E-state index in [1.807, 2.05) is 57.2 Å². The number of benzene rings is 3. The Morgan fingerprint density at radius 2 is 1.59 bits per heavy atom. The highest BCUT2D eigenvalue weighted by Crippen LogP contribution is 2.22. The molecule has 7 nitrogen and oxygen atoms in total. The van der Waals surface area contributed by atoms with Gasteiger partial charge in [-0.2, -0.15) is 0 Å². The Morgan fingerprint density at radius 3 is 2.18 bits per heavy atom. The summed E-state index contributed by atoms with van der Waals surface area (Å²) in [6.45, 7) is 5.95. The zero-order valence-electron chi connectivity index (χ0n) is 22.8. The van der Waals surface area contributed by atoms with Crippen molar-refractivity contribution in [2.75, 3.05) is 23.7 Å². The fourth-order valence-electron chi connectivity index (χ4n) is 4.16. The van der Waals surface area contributed by atoms with Crippen LogP contribution < -0.4 is 9.62 Å². The van der Waals surface area contributed by atoms with Gasteiger partial charge in [0, 0.05) is 24.5 Å². The normalized spacial score (nSPS) is 12.2. The number of rotatable bonds is 12. The number of nitrogens with one attached hydrogen (secondary N) is 1. The van der Waals surface area contributed by atoms with Gasteiger partial charge in [-0.15, -0.1) is 0 Å². The smallest absolute Gasteiger partial charge is 0.244 e. The third kappa shape index (κ3) is 9.11. The Hall–Kier alpha value is -3.36. The fourth-order valence-corrected chi connectivity index (χ4v) is 5.13. The van der Waals surface area contributed by atoms with E-state index in [0.29, 0.717) is 17.3 Å². The molecule has 208 valence electrons. The van der Waals surface area contributed by atoms with E-state index in [1.54, 1.807) is 42.5 Å². The first kappa shape index (κ1) is 30.2. The number of anilines is 1. The lowest BCUT2D eigenvalue weighted by atomic mass is 10.0. The summed E-state index contributed by atoms with van der Waals surface area (Å²) in [4.78, 5) is 29.1. The minimum absolute atomic E-state index is 0.105. The molecule has 0 saturated heterocycles. The maximum absolute atomic E-state index is 14.0. The van der Waals surface area contributed by atoms with Crippen molar-refractivity contribution in [3.63, 3.8) is 0 Å². The highest BCUT2D eigenvalue weighted by Gasteiger charge is 2.33. The molecule has 3 aromatic rings. The minimum atomic E-state index is -3.80. The van der Waals surface area contributed by atoms with Gasteiger partial charge in [0.05, 0.1) is 11.9 Å². The Bertz CT molecular complexity index is 1360. The van der Waals surface area contributed by atoms with Crippen molar-refractivity contribution < 1.29 is 18.0 Å². The molecule has 0 bridgehead atoms. The molecule has 0 heterocycles. The summed E-state index contributed by atoms with van der Waals surface area (Å²) < 4.78 is 26.7. The molecule has 0 aliphatic rings. The van der Waals surface area contributed by atoms with Crippen molar-refractivity contribution >= 4 is 39.1 Å². The van der Waals surface area contributed by atoms with Crippen molar-refractivity contribution in [2.45, 2.75) is 39.8 Å². The maximum atomic E-state index is 14.0. The lowest BCUT2D eigenvalue weighted by Crippen LogP contribution is -2.53. The van der Waals surface area contributed by atoms with Gasteiger partial charge in [-0.3, -0.25) is 13.9 Å². The molecule has 2 amide bonds. The highest BCUT2D eigenvalue weighted by atomic mass is 35.5. The van der Waals surface area contributed by atoms with Crippen molar-refractivity contribution in [1.29, 1.82) is 0 Å². The molecule has 1 N–H and O–H groups in total. The first-order valence-electron chi connectivity index (χ1n) is 12.8. The lowest BCUT2D eigenvalue weighted by Gasteiger charge is -2.33. The van der Waals surface area contributed by atoms with Gasteiger partial charge in [-0.25, -0.2) is 8.42 Å². The molecule has 3 aromatic carbocycles. The second-order valence-electron chi connectivity index (χ2n) is 10.1. The van der Waals surface area contributed by atoms with Crippen LogP contribution in [0, 0.1) is 12.8 Å². The van der Waals surface area contributed by atoms with Gasteiger partial charge in [0.2, 0.25) is 21.8 Å². The van der Waals surface area contributed by atoms with E-state index in [1.165, 1.54) is 4.90 Å². The van der Waals surface area contributed by atoms with Crippen molar-refractivity contribution in [3.8, 4) is 0 Å². The summed E-state index contributed by atoms with van der Waals surface area (Å²) in [5, 5.41) is 3.52. The Labute approximate surface area is 236 Å². The molecule has 39 heavy (non-hydrogen) atoms. The van der Waals surface area contributed by atoms with Gasteiger partial charge in [0.15, 0.2) is 0 Å². The van der Waals surface area contributed by atoms with Crippen LogP contribution in [-0.4, -0.2) is 50.5 Å². The SMILES string of the molecule is Cc1cccc(N(CC(=O)N(Cc2ccc(Cl)cc2)C(Cc2ccccc2)C(=O)NCC(C)C)S(C)(=O)=O)c1. The average Bonchev–Trinajstić information content (AvgIpc) is 2.88. The number of amides is 2. The van der Waals surface area contributed by atoms with Crippen LogP contribution in [0.25, 0.3) is 0 Å². The monoisotopic (exact) mass is 569 g/mol. The van der Waals surface area contributed by atoms with Crippen LogP contribution in [-0.2, 0) is 32.6 Å². The summed E-state index contributed by atoms with van der Waals surface area (Å²) in [6, 6.07) is 22.6. The van der Waals surface area contributed by atoms with Gasteiger partial charge in [-0.05, 0) is 53.8 Å². The first-order chi connectivity index (χ1) is 18.4. The quantitative estimate of drug-likeness (QED) is 0.338. The van der Waals surface area contributed by atoms with Crippen LogP contribution in [0.2, 0.25) is 5.02 Å². The number of halogens is 1. The topological polar surface area (TPSA) is 86.8 Å². The summed E-state index contributed by atoms with van der Waals surface area (Å²) in [5.74, 6) is -0.567. The summed E-state index contributed by atoms with van der Waals surface area (Å²) in [5.41, 5.74) is 2.90. The lowest BCUT2D eigenvalue weighted by molar-refractivity contribution is -0.140. The molecule has 0 aliphatic heterocycles. The maximum Gasteiger partial charge on any atom is 0.244 e. The van der Waals surface area contributed by atoms with Crippen LogP contribution >= 0.6 is 11.6 Å². The highest BCUT2D eigenvalue weighted by molar-refractivity contribution is 7.92. The van der Waals surface area contributed by atoms with Gasteiger partial charge in [0.25, 0.3) is 0 Å². The molecule has 1 unspecified atom stereocenters. The first-order valence-corrected chi connectivity index (χ1v) is 15.1. The standard InChI is InChI=1S/C30H36ClN3O4S/c1-22(2)19-32-30(36)28(18-24-10-6-5-7-11-24)33(20-25-13-15-26(31)16-14-25)29(35)21-34(39(4,37)38)27-12-8-9-23(3)17-27/h5-17,22,28H,18-21H2,1-4H3,(H,32,36). The average molecular weight is 570 g/mol. The zero-order chi connectivity index (χ0) is 28.6. The molecule has 0 aromatic heterocycles. The zero-order valence-corrected chi connectivity index (χ0v) is 24.4. The molecular formula is C30H36ClN3O4S. The van der Waals surface area contributed by atoms with E-state index in [2.05, 4.69) is 5.32 Å². The summed E-state index contributed by atoms with van der Waals surface area (Å²) >= 11 is 6.08. The third-order valence-electron chi connectivity index (χ3n) is 6.19. The summed E-state index contributed by atoms with van der Waals surface area (Å²) in [6.07, 6.45) is 1.34. The van der Waals surface area contributed by atoms with Crippen LogP contribution in [0.4, 0.5) is 5.69 Å². The number of carbonyl (C=O) groups is 2. The van der Waals surface area contributed by atoms with E-state index in [9.17, 15) is 18.0 Å². The van der Waals surface area contributed by atoms with E-state index in [-0.39, 0.29) is 24.8 Å². The third-order valence-corrected chi connectivity index (χ3v) is 7.58. The predicted octanol–water partition coefficient (Wildman–Crippen LogP) is 4.83. The van der Waals surface area contributed by atoms with Crippen LogP contribution in [0.3, 0.4) is 0 Å². The van der Waals surface area contributed by atoms with Gasteiger partial charge < -0.3 is 10.2 Å². The Kier molecular flexibility index (Phi) is 10.5. The Morgan fingerprint density at radius 1 is 0.923 bits per heavy atom. The molecule has 0 radical (unpaired) electrons. The number of hydrogen-bond acceptors (Lipinski definition) is 4.